The van der Waals surface area contributed by atoms with Crippen molar-refractivity contribution in [2.45, 2.75) is 6.54 Å². The summed E-state index contributed by atoms with van der Waals surface area (Å²) in [6.07, 6.45) is 0. The van der Waals surface area contributed by atoms with Gasteiger partial charge >= 0.3 is 5.97 Å². The normalized spacial score (nSPS) is 13.2. The Morgan fingerprint density at radius 1 is 1.00 bits per heavy atom. The number of carbonyl (C=O) groups is 2. The topological polar surface area (TPSA) is 92.0 Å². The number of amides is 1. The highest BCUT2D eigenvalue weighted by Crippen LogP contribution is 2.35. The minimum atomic E-state index is -0.454. The number of ether oxygens (including phenoxy) is 3. The zero-order valence-corrected chi connectivity index (χ0v) is 20.7. The highest BCUT2D eigenvalue weighted by atomic mass is 32.1. The van der Waals surface area contributed by atoms with Gasteiger partial charge in [0.1, 0.15) is 19.8 Å². The molecule has 2 aromatic heterocycles. The van der Waals surface area contributed by atoms with E-state index in [9.17, 15) is 9.59 Å². The average Bonchev–Trinajstić information content (AvgIpc) is 3.26. The van der Waals surface area contributed by atoms with Crippen molar-refractivity contribution in [2.75, 3.05) is 20.3 Å². The summed E-state index contributed by atoms with van der Waals surface area (Å²) in [6.45, 7) is 0.795. The fourth-order valence-corrected chi connectivity index (χ4v) is 5.33. The zero-order valence-electron chi connectivity index (χ0n) is 19.8. The number of thiazole rings is 1. The highest BCUT2D eigenvalue weighted by Gasteiger charge is 2.19. The van der Waals surface area contributed by atoms with Crippen LogP contribution in [0.1, 0.15) is 10.4 Å². The molecule has 0 atom stereocenters. The van der Waals surface area contributed by atoms with E-state index in [1.165, 1.54) is 18.4 Å². The SMILES string of the molecule is COC(=O)Cn1c(=NC(=O)c2cc(-c3ccccc3)nc3ccccc23)sc2cc3c(cc21)OCCO3. The van der Waals surface area contributed by atoms with Crippen molar-refractivity contribution in [3.05, 3.63) is 83.2 Å². The maximum Gasteiger partial charge on any atom is 0.325 e. The number of hydrogen-bond donors (Lipinski definition) is 0. The number of methoxy groups -OCH3 is 1. The smallest absolute Gasteiger partial charge is 0.325 e. The Morgan fingerprint density at radius 2 is 1.73 bits per heavy atom. The van der Waals surface area contributed by atoms with Crippen LogP contribution in [0.15, 0.2) is 77.8 Å². The number of fused-ring (bicyclic) bond motifs is 3. The first kappa shape index (κ1) is 22.9. The molecule has 0 unspecified atom stereocenters. The number of carbonyl (C=O) groups excluding carboxylic acids is 2. The summed E-state index contributed by atoms with van der Waals surface area (Å²) >= 11 is 1.29. The predicted molar refractivity (Wildman–Crippen MR) is 140 cm³/mol. The van der Waals surface area contributed by atoms with E-state index in [1.807, 2.05) is 66.7 Å². The monoisotopic (exact) mass is 511 g/mol. The van der Waals surface area contributed by atoms with E-state index in [0.717, 1.165) is 10.3 Å². The van der Waals surface area contributed by atoms with Crippen LogP contribution in [0, 0.1) is 0 Å². The van der Waals surface area contributed by atoms with Gasteiger partial charge in [-0.05, 0) is 12.1 Å². The van der Waals surface area contributed by atoms with Crippen LogP contribution in [0.3, 0.4) is 0 Å². The molecule has 0 spiro atoms. The van der Waals surface area contributed by atoms with Crippen molar-refractivity contribution in [1.29, 1.82) is 0 Å². The van der Waals surface area contributed by atoms with Gasteiger partial charge in [0.2, 0.25) is 0 Å². The first-order chi connectivity index (χ1) is 18.1. The van der Waals surface area contributed by atoms with Crippen molar-refractivity contribution in [3.8, 4) is 22.8 Å². The molecule has 0 N–H and O–H groups in total. The zero-order chi connectivity index (χ0) is 25.4. The second-order valence-electron chi connectivity index (χ2n) is 8.37. The summed E-state index contributed by atoms with van der Waals surface area (Å²) in [5, 5.41) is 0.703. The second kappa shape index (κ2) is 9.51. The van der Waals surface area contributed by atoms with E-state index in [2.05, 4.69) is 4.99 Å². The number of rotatable bonds is 4. The van der Waals surface area contributed by atoms with Crippen molar-refractivity contribution in [1.82, 2.24) is 9.55 Å². The van der Waals surface area contributed by atoms with Crippen LogP contribution in [0.5, 0.6) is 11.5 Å². The molecule has 184 valence electrons. The fraction of sp³-hybridized carbons (Fsp3) is 0.143. The molecule has 0 radical (unpaired) electrons. The highest BCUT2D eigenvalue weighted by molar-refractivity contribution is 7.16. The van der Waals surface area contributed by atoms with Gasteiger partial charge in [-0.3, -0.25) is 9.59 Å². The molecule has 3 heterocycles. The van der Waals surface area contributed by atoms with Crippen LogP contribution in [0.25, 0.3) is 32.4 Å². The molecule has 9 heteroatoms. The van der Waals surface area contributed by atoms with E-state index in [4.69, 9.17) is 19.2 Å². The Hall–Kier alpha value is -4.50. The van der Waals surface area contributed by atoms with Crippen LogP contribution in [0.4, 0.5) is 0 Å². The fourth-order valence-electron chi connectivity index (χ4n) is 4.29. The number of nitrogens with zero attached hydrogens (tertiary/aromatic N) is 3. The molecule has 37 heavy (non-hydrogen) atoms. The molecule has 3 aromatic carbocycles. The van der Waals surface area contributed by atoms with Crippen molar-refractivity contribution in [3.63, 3.8) is 0 Å². The molecular formula is C28H21N3O5S. The van der Waals surface area contributed by atoms with Crippen LogP contribution in [-0.2, 0) is 16.1 Å². The number of pyridine rings is 1. The summed E-state index contributed by atoms with van der Waals surface area (Å²) in [6, 6.07) is 22.6. The molecule has 1 aliphatic rings. The van der Waals surface area contributed by atoms with Gasteiger partial charge in [-0.15, -0.1) is 0 Å². The van der Waals surface area contributed by atoms with E-state index in [0.29, 0.717) is 57.2 Å². The molecule has 0 fully saturated rings. The standard InChI is InChI=1S/C28H21N3O5S/c1-34-26(32)16-31-22-14-23-24(36-12-11-35-23)15-25(22)37-28(31)30-27(33)19-13-21(17-7-3-2-4-8-17)29-20-10-6-5-9-18(19)20/h2-10,13-15H,11-12,16H2,1H3. The number of benzene rings is 3. The van der Waals surface area contributed by atoms with Crippen molar-refractivity contribution >= 4 is 44.3 Å². The molecule has 8 nitrogen and oxygen atoms in total. The lowest BCUT2D eigenvalue weighted by molar-refractivity contribution is -0.141. The molecule has 1 amide bonds. The quantitative estimate of drug-likeness (QED) is 0.328. The minimum absolute atomic E-state index is 0.103. The van der Waals surface area contributed by atoms with E-state index in [1.54, 1.807) is 10.6 Å². The number of para-hydroxylation sites is 1. The van der Waals surface area contributed by atoms with Gasteiger partial charge in [0.25, 0.3) is 5.91 Å². The summed E-state index contributed by atoms with van der Waals surface area (Å²) in [4.78, 5) is 35.6. The van der Waals surface area contributed by atoms with Crippen LogP contribution in [0.2, 0.25) is 0 Å². The molecular weight excluding hydrogens is 490 g/mol. The Kier molecular flexibility index (Phi) is 5.90. The third kappa shape index (κ3) is 4.34. The molecule has 6 rings (SSSR count). The van der Waals surface area contributed by atoms with E-state index in [-0.39, 0.29) is 6.54 Å². The van der Waals surface area contributed by atoms with Crippen molar-refractivity contribution in [2.24, 2.45) is 4.99 Å². The Bertz CT molecular complexity index is 1740. The summed E-state index contributed by atoms with van der Waals surface area (Å²) < 4.78 is 18.8. The van der Waals surface area contributed by atoms with Gasteiger partial charge in [0.05, 0.1) is 34.1 Å². The maximum atomic E-state index is 13.7. The van der Waals surface area contributed by atoms with Crippen molar-refractivity contribution < 1.29 is 23.8 Å². The Morgan fingerprint density at radius 3 is 2.51 bits per heavy atom. The van der Waals surface area contributed by atoms with Crippen LogP contribution >= 0.6 is 11.3 Å². The van der Waals surface area contributed by atoms with E-state index >= 15 is 0 Å². The predicted octanol–water partition coefficient (Wildman–Crippen LogP) is 4.60. The lowest BCUT2D eigenvalue weighted by Gasteiger charge is -2.18. The van der Waals surface area contributed by atoms with Crippen LogP contribution in [-0.4, -0.2) is 41.8 Å². The second-order valence-corrected chi connectivity index (χ2v) is 9.37. The first-order valence-electron chi connectivity index (χ1n) is 11.6. The molecule has 0 aliphatic carbocycles. The molecule has 5 aromatic rings. The largest absolute Gasteiger partial charge is 0.486 e. The lowest BCUT2D eigenvalue weighted by Crippen LogP contribution is -2.22. The van der Waals surface area contributed by atoms with Gasteiger partial charge < -0.3 is 18.8 Å². The number of aromatic nitrogens is 2. The third-order valence-electron chi connectivity index (χ3n) is 6.07. The summed E-state index contributed by atoms with van der Waals surface area (Å²) in [5.41, 5.74) is 3.41. The van der Waals surface area contributed by atoms with Gasteiger partial charge in [-0.25, -0.2) is 4.98 Å². The summed E-state index contributed by atoms with van der Waals surface area (Å²) in [7, 11) is 1.33. The Labute approximate surface area is 215 Å². The molecule has 1 aliphatic heterocycles. The van der Waals surface area contributed by atoms with Gasteiger partial charge in [-0.2, -0.15) is 4.99 Å². The number of hydrogen-bond acceptors (Lipinski definition) is 7. The summed E-state index contributed by atoms with van der Waals surface area (Å²) in [5.74, 6) is 0.318. The Balaban J connectivity index is 1.53. The lowest BCUT2D eigenvalue weighted by atomic mass is 10.0. The van der Waals surface area contributed by atoms with Gasteiger partial charge in [0.15, 0.2) is 16.3 Å². The maximum absolute atomic E-state index is 13.7. The van der Waals surface area contributed by atoms with Gasteiger partial charge in [0, 0.05) is 23.1 Å². The third-order valence-corrected chi connectivity index (χ3v) is 7.12. The first-order valence-corrected chi connectivity index (χ1v) is 12.5. The van der Waals surface area contributed by atoms with Crippen LogP contribution < -0.4 is 14.3 Å². The minimum Gasteiger partial charge on any atom is -0.486 e. The molecule has 0 saturated heterocycles. The molecule has 0 saturated carbocycles. The average molecular weight is 512 g/mol. The van der Waals surface area contributed by atoms with E-state index < -0.39 is 11.9 Å². The van der Waals surface area contributed by atoms with Gasteiger partial charge in [-0.1, -0.05) is 59.9 Å². The number of esters is 1. The molecule has 0 bridgehead atoms.